The first-order valence-corrected chi connectivity index (χ1v) is 6.61. The zero-order valence-corrected chi connectivity index (χ0v) is 12.0. The molecule has 0 aromatic heterocycles. The van der Waals surface area contributed by atoms with Crippen LogP contribution >= 0.6 is 0 Å². The van der Waals surface area contributed by atoms with E-state index in [-0.39, 0.29) is 6.79 Å². The molecule has 5 nitrogen and oxygen atoms in total. The van der Waals surface area contributed by atoms with Crippen molar-refractivity contribution in [1.82, 2.24) is 0 Å². The maximum atomic E-state index is 5.76. The van der Waals surface area contributed by atoms with Gasteiger partial charge in [-0.05, 0) is 35.4 Å². The molecule has 110 valence electrons. The Morgan fingerprint density at radius 3 is 2.57 bits per heavy atom. The summed E-state index contributed by atoms with van der Waals surface area (Å²) in [6.07, 6.45) is 0. The summed E-state index contributed by atoms with van der Waals surface area (Å²) in [5.74, 6) is 2.81. The predicted molar refractivity (Wildman–Crippen MR) is 79.0 cm³/mol. The summed E-state index contributed by atoms with van der Waals surface area (Å²) < 4.78 is 21.7. The molecule has 0 fully saturated rings. The largest absolute Gasteiger partial charge is 0.493 e. The van der Waals surface area contributed by atoms with Crippen LogP contribution in [0.1, 0.15) is 5.56 Å². The summed E-state index contributed by atoms with van der Waals surface area (Å²) in [5, 5.41) is 0. The van der Waals surface area contributed by atoms with Crippen LogP contribution in [0.25, 0.3) is 11.1 Å². The summed E-state index contributed by atoms with van der Waals surface area (Å²) >= 11 is 0. The number of fused-ring (bicyclic) bond motifs is 1. The van der Waals surface area contributed by atoms with Crippen molar-refractivity contribution in [1.29, 1.82) is 0 Å². The SMILES string of the molecule is COc1cc(CN)cc(-c2ccc3c(c2)OCO3)c1OC. The molecule has 2 aromatic carbocycles. The van der Waals surface area contributed by atoms with Crippen LogP contribution in [0.3, 0.4) is 0 Å². The van der Waals surface area contributed by atoms with Crippen molar-refractivity contribution in [3.8, 4) is 34.1 Å². The summed E-state index contributed by atoms with van der Waals surface area (Å²) in [6.45, 7) is 0.681. The molecule has 0 atom stereocenters. The lowest BCUT2D eigenvalue weighted by molar-refractivity contribution is 0.174. The minimum absolute atomic E-state index is 0.252. The van der Waals surface area contributed by atoms with E-state index < -0.39 is 0 Å². The van der Waals surface area contributed by atoms with Gasteiger partial charge in [0.2, 0.25) is 6.79 Å². The quantitative estimate of drug-likeness (QED) is 0.936. The number of methoxy groups -OCH3 is 2. The highest BCUT2D eigenvalue weighted by molar-refractivity contribution is 5.76. The van der Waals surface area contributed by atoms with E-state index in [1.54, 1.807) is 14.2 Å². The maximum absolute atomic E-state index is 5.76. The summed E-state index contributed by atoms with van der Waals surface area (Å²) in [6, 6.07) is 9.66. The van der Waals surface area contributed by atoms with Gasteiger partial charge in [-0.25, -0.2) is 0 Å². The Bertz CT molecular complexity index is 670. The Hall–Kier alpha value is -2.40. The number of nitrogens with two attached hydrogens (primary N) is 1. The minimum Gasteiger partial charge on any atom is -0.493 e. The highest BCUT2D eigenvalue weighted by atomic mass is 16.7. The number of rotatable bonds is 4. The highest BCUT2D eigenvalue weighted by Crippen LogP contribution is 2.42. The van der Waals surface area contributed by atoms with Gasteiger partial charge < -0.3 is 24.7 Å². The van der Waals surface area contributed by atoms with Gasteiger partial charge in [-0.15, -0.1) is 0 Å². The monoisotopic (exact) mass is 287 g/mol. The van der Waals surface area contributed by atoms with Gasteiger partial charge in [0.25, 0.3) is 0 Å². The van der Waals surface area contributed by atoms with E-state index >= 15 is 0 Å². The first-order chi connectivity index (χ1) is 10.3. The van der Waals surface area contributed by atoms with Crippen molar-refractivity contribution in [3.05, 3.63) is 35.9 Å². The molecule has 0 bridgehead atoms. The lowest BCUT2D eigenvalue weighted by Gasteiger charge is -2.15. The molecule has 21 heavy (non-hydrogen) atoms. The van der Waals surface area contributed by atoms with Crippen LogP contribution < -0.4 is 24.7 Å². The van der Waals surface area contributed by atoms with Crippen molar-refractivity contribution >= 4 is 0 Å². The van der Waals surface area contributed by atoms with Gasteiger partial charge in [0.05, 0.1) is 14.2 Å². The average Bonchev–Trinajstić information content (AvgIpc) is 3.00. The normalized spacial score (nSPS) is 12.3. The zero-order chi connectivity index (χ0) is 14.8. The lowest BCUT2D eigenvalue weighted by atomic mass is 10.0. The first-order valence-electron chi connectivity index (χ1n) is 6.61. The summed E-state index contributed by atoms with van der Waals surface area (Å²) in [7, 11) is 3.23. The summed E-state index contributed by atoms with van der Waals surface area (Å²) in [4.78, 5) is 0. The molecule has 1 heterocycles. The van der Waals surface area contributed by atoms with Gasteiger partial charge in [-0.2, -0.15) is 0 Å². The van der Waals surface area contributed by atoms with Crippen molar-refractivity contribution in [2.24, 2.45) is 5.73 Å². The number of ether oxygens (including phenoxy) is 4. The molecular formula is C16H17NO4. The second kappa shape index (κ2) is 5.54. The highest BCUT2D eigenvalue weighted by Gasteiger charge is 2.18. The third-order valence-corrected chi connectivity index (χ3v) is 3.46. The molecular weight excluding hydrogens is 270 g/mol. The van der Waals surface area contributed by atoms with Crippen LogP contribution in [-0.2, 0) is 6.54 Å². The molecule has 3 rings (SSSR count). The Morgan fingerprint density at radius 2 is 1.86 bits per heavy atom. The van der Waals surface area contributed by atoms with Crippen LogP contribution in [0.4, 0.5) is 0 Å². The number of benzene rings is 2. The number of hydrogen-bond donors (Lipinski definition) is 1. The van der Waals surface area contributed by atoms with E-state index in [0.29, 0.717) is 18.0 Å². The molecule has 0 saturated carbocycles. The smallest absolute Gasteiger partial charge is 0.231 e. The molecule has 0 radical (unpaired) electrons. The van der Waals surface area contributed by atoms with E-state index in [9.17, 15) is 0 Å². The van der Waals surface area contributed by atoms with E-state index in [1.165, 1.54) is 0 Å². The van der Waals surface area contributed by atoms with E-state index in [4.69, 9.17) is 24.7 Å². The predicted octanol–water partition coefficient (Wildman–Crippen LogP) is 2.56. The maximum Gasteiger partial charge on any atom is 0.231 e. The molecule has 5 heteroatoms. The topological polar surface area (TPSA) is 62.9 Å². The second-order valence-electron chi connectivity index (χ2n) is 4.65. The van der Waals surface area contributed by atoms with Crippen LogP contribution in [0, 0.1) is 0 Å². The fourth-order valence-electron chi connectivity index (χ4n) is 2.42. The minimum atomic E-state index is 0.252. The fraction of sp³-hybridized carbons (Fsp3) is 0.250. The Kier molecular flexibility index (Phi) is 3.58. The molecule has 0 saturated heterocycles. The van der Waals surface area contributed by atoms with E-state index in [2.05, 4.69) is 0 Å². The van der Waals surface area contributed by atoms with Crippen molar-refractivity contribution in [2.75, 3.05) is 21.0 Å². The lowest BCUT2D eigenvalue weighted by Crippen LogP contribution is -2.00. The van der Waals surface area contributed by atoms with Crippen LogP contribution in [0.5, 0.6) is 23.0 Å². The van der Waals surface area contributed by atoms with Crippen molar-refractivity contribution < 1.29 is 18.9 Å². The van der Waals surface area contributed by atoms with Crippen LogP contribution in [0.15, 0.2) is 30.3 Å². The van der Waals surface area contributed by atoms with Gasteiger partial charge in [-0.3, -0.25) is 0 Å². The second-order valence-corrected chi connectivity index (χ2v) is 4.65. The third kappa shape index (κ3) is 2.36. The molecule has 1 aliphatic heterocycles. The number of hydrogen-bond acceptors (Lipinski definition) is 5. The van der Waals surface area contributed by atoms with Crippen LogP contribution in [-0.4, -0.2) is 21.0 Å². The standard InChI is InChI=1S/C16H17NO4/c1-18-15-6-10(8-17)5-12(16(15)19-2)11-3-4-13-14(7-11)21-9-20-13/h3-7H,8-9,17H2,1-2H3. The van der Waals surface area contributed by atoms with Crippen molar-refractivity contribution in [3.63, 3.8) is 0 Å². The average molecular weight is 287 g/mol. The molecule has 0 amide bonds. The molecule has 1 aliphatic rings. The van der Waals surface area contributed by atoms with Crippen LogP contribution in [0.2, 0.25) is 0 Å². The Balaban J connectivity index is 2.16. The van der Waals surface area contributed by atoms with E-state index in [0.717, 1.165) is 28.2 Å². The van der Waals surface area contributed by atoms with Gasteiger partial charge >= 0.3 is 0 Å². The van der Waals surface area contributed by atoms with Gasteiger partial charge in [0.1, 0.15) is 0 Å². The summed E-state index contributed by atoms with van der Waals surface area (Å²) in [5.41, 5.74) is 8.61. The zero-order valence-electron chi connectivity index (χ0n) is 12.0. The molecule has 2 N–H and O–H groups in total. The molecule has 0 unspecified atom stereocenters. The van der Waals surface area contributed by atoms with Gasteiger partial charge in [-0.1, -0.05) is 6.07 Å². The van der Waals surface area contributed by atoms with E-state index in [1.807, 2.05) is 30.3 Å². The molecule has 0 aliphatic carbocycles. The Labute approximate surface area is 123 Å². The Morgan fingerprint density at radius 1 is 1.05 bits per heavy atom. The molecule has 2 aromatic rings. The first kappa shape index (κ1) is 13.6. The molecule has 0 spiro atoms. The third-order valence-electron chi connectivity index (χ3n) is 3.46. The van der Waals surface area contributed by atoms with Crippen molar-refractivity contribution in [2.45, 2.75) is 6.54 Å². The fourth-order valence-corrected chi connectivity index (χ4v) is 2.42. The van der Waals surface area contributed by atoms with Gasteiger partial charge in [0, 0.05) is 12.1 Å². The van der Waals surface area contributed by atoms with Gasteiger partial charge in [0.15, 0.2) is 23.0 Å².